The molecule has 27 heavy (non-hydrogen) atoms. The SMILES string of the molecule is COCc1cc(C)nc2sc3c(=O)[nH]c(-c4ccccc4[N+](=O)[O-])nc3c12. The van der Waals surface area contributed by atoms with E-state index in [2.05, 4.69) is 15.0 Å². The summed E-state index contributed by atoms with van der Waals surface area (Å²) < 4.78 is 5.71. The van der Waals surface area contributed by atoms with Crippen molar-refractivity contribution in [1.29, 1.82) is 0 Å². The maximum atomic E-state index is 12.7. The number of hydrogen-bond acceptors (Lipinski definition) is 7. The summed E-state index contributed by atoms with van der Waals surface area (Å²) in [6.07, 6.45) is 0. The lowest BCUT2D eigenvalue weighted by Gasteiger charge is -2.05. The molecule has 8 nitrogen and oxygen atoms in total. The minimum Gasteiger partial charge on any atom is -0.380 e. The number of nitro benzene ring substituents is 1. The predicted molar refractivity (Wildman–Crippen MR) is 103 cm³/mol. The van der Waals surface area contributed by atoms with E-state index in [1.54, 1.807) is 25.3 Å². The van der Waals surface area contributed by atoms with Crippen LogP contribution in [-0.2, 0) is 11.3 Å². The van der Waals surface area contributed by atoms with Crippen LogP contribution in [0.1, 0.15) is 11.3 Å². The van der Waals surface area contributed by atoms with Gasteiger partial charge in [0.1, 0.15) is 15.4 Å². The van der Waals surface area contributed by atoms with E-state index in [9.17, 15) is 14.9 Å². The monoisotopic (exact) mass is 382 g/mol. The lowest BCUT2D eigenvalue weighted by molar-refractivity contribution is -0.384. The van der Waals surface area contributed by atoms with Crippen molar-refractivity contribution in [2.24, 2.45) is 0 Å². The fourth-order valence-corrected chi connectivity index (χ4v) is 4.19. The third kappa shape index (κ3) is 2.86. The van der Waals surface area contributed by atoms with Gasteiger partial charge in [-0.25, -0.2) is 9.97 Å². The summed E-state index contributed by atoms with van der Waals surface area (Å²) in [7, 11) is 1.59. The Morgan fingerprint density at radius 3 is 2.81 bits per heavy atom. The quantitative estimate of drug-likeness (QED) is 0.427. The van der Waals surface area contributed by atoms with Crippen LogP contribution in [0.5, 0.6) is 0 Å². The van der Waals surface area contributed by atoms with Crippen LogP contribution in [0.2, 0.25) is 0 Å². The number of methoxy groups -OCH3 is 1. The number of thiophene rings is 1. The molecule has 0 fully saturated rings. The summed E-state index contributed by atoms with van der Waals surface area (Å²) in [6, 6.07) is 8.08. The number of aryl methyl sites for hydroxylation is 1. The van der Waals surface area contributed by atoms with Crippen LogP contribution < -0.4 is 5.56 Å². The molecule has 0 atom stereocenters. The van der Waals surface area contributed by atoms with E-state index >= 15 is 0 Å². The first-order valence-electron chi connectivity index (χ1n) is 8.05. The van der Waals surface area contributed by atoms with Gasteiger partial charge < -0.3 is 9.72 Å². The molecule has 4 rings (SSSR count). The number of benzene rings is 1. The number of aromatic nitrogens is 3. The summed E-state index contributed by atoms with van der Waals surface area (Å²) in [4.78, 5) is 35.9. The largest absolute Gasteiger partial charge is 0.380 e. The van der Waals surface area contributed by atoms with Crippen LogP contribution in [0.3, 0.4) is 0 Å². The highest BCUT2D eigenvalue weighted by molar-refractivity contribution is 7.25. The number of nitrogens with zero attached hydrogens (tertiary/aromatic N) is 3. The van der Waals surface area contributed by atoms with Crippen LogP contribution in [0.15, 0.2) is 35.1 Å². The van der Waals surface area contributed by atoms with Crippen LogP contribution in [0, 0.1) is 17.0 Å². The van der Waals surface area contributed by atoms with Crippen molar-refractivity contribution in [2.75, 3.05) is 7.11 Å². The number of nitrogens with one attached hydrogen (secondary N) is 1. The second kappa shape index (κ2) is 6.53. The predicted octanol–water partition coefficient (Wildman–Crippen LogP) is 3.56. The van der Waals surface area contributed by atoms with Gasteiger partial charge in [0, 0.05) is 24.3 Å². The highest BCUT2D eigenvalue weighted by Crippen LogP contribution is 2.34. The van der Waals surface area contributed by atoms with Crippen molar-refractivity contribution in [3.63, 3.8) is 0 Å². The molecule has 4 aromatic rings. The fourth-order valence-electron chi connectivity index (χ4n) is 3.09. The Kier molecular flexibility index (Phi) is 4.17. The molecule has 0 bridgehead atoms. The minimum absolute atomic E-state index is 0.120. The third-order valence-electron chi connectivity index (χ3n) is 4.16. The van der Waals surface area contributed by atoms with Gasteiger partial charge in [-0.1, -0.05) is 12.1 Å². The molecule has 9 heteroatoms. The molecule has 1 aromatic carbocycles. The molecule has 0 saturated carbocycles. The summed E-state index contributed by atoms with van der Waals surface area (Å²) in [5.41, 5.74) is 1.96. The maximum Gasteiger partial charge on any atom is 0.280 e. The van der Waals surface area contributed by atoms with Crippen molar-refractivity contribution in [2.45, 2.75) is 13.5 Å². The zero-order chi connectivity index (χ0) is 19.1. The van der Waals surface area contributed by atoms with Gasteiger partial charge >= 0.3 is 0 Å². The van der Waals surface area contributed by atoms with E-state index in [4.69, 9.17) is 4.74 Å². The third-order valence-corrected chi connectivity index (χ3v) is 5.24. The van der Waals surface area contributed by atoms with Crippen LogP contribution in [-0.4, -0.2) is 27.0 Å². The molecule has 3 aromatic heterocycles. The first kappa shape index (κ1) is 17.3. The average molecular weight is 382 g/mol. The van der Waals surface area contributed by atoms with Gasteiger partial charge in [-0.3, -0.25) is 14.9 Å². The topological polar surface area (TPSA) is 111 Å². The van der Waals surface area contributed by atoms with Gasteiger partial charge in [0.15, 0.2) is 0 Å². The van der Waals surface area contributed by atoms with Crippen molar-refractivity contribution in [1.82, 2.24) is 15.0 Å². The molecule has 0 amide bonds. The maximum absolute atomic E-state index is 12.7. The van der Waals surface area contributed by atoms with E-state index in [-0.39, 0.29) is 22.6 Å². The van der Waals surface area contributed by atoms with Gasteiger partial charge in [0.25, 0.3) is 11.2 Å². The summed E-state index contributed by atoms with van der Waals surface area (Å²) >= 11 is 1.25. The molecular formula is C18H14N4O4S. The fraction of sp³-hybridized carbons (Fsp3) is 0.167. The Balaban J connectivity index is 2.08. The first-order valence-corrected chi connectivity index (χ1v) is 8.87. The molecular weight excluding hydrogens is 368 g/mol. The zero-order valence-corrected chi connectivity index (χ0v) is 15.3. The Hall–Kier alpha value is -3.17. The van der Waals surface area contributed by atoms with E-state index in [1.807, 2.05) is 13.0 Å². The smallest absolute Gasteiger partial charge is 0.280 e. The van der Waals surface area contributed by atoms with E-state index in [0.29, 0.717) is 21.7 Å². The number of ether oxygens (including phenoxy) is 1. The second-order valence-corrected chi connectivity index (χ2v) is 7.00. The number of fused-ring (bicyclic) bond motifs is 3. The van der Waals surface area contributed by atoms with Gasteiger partial charge in [-0.15, -0.1) is 11.3 Å². The van der Waals surface area contributed by atoms with E-state index in [1.165, 1.54) is 17.4 Å². The molecule has 0 saturated heterocycles. The molecule has 0 aliphatic heterocycles. The second-order valence-electron chi connectivity index (χ2n) is 6.00. The lowest BCUT2D eigenvalue weighted by Crippen LogP contribution is -2.08. The first-order chi connectivity index (χ1) is 13.0. The Morgan fingerprint density at radius 2 is 2.07 bits per heavy atom. The van der Waals surface area contributed by atoms with Crippen molar-refractivity contribution >= 4 is 37.5 Å². The molecule has 136 valence electrons. The zero-order valence-electron chi connectivity index (χ0n) is 14.5. The molecule has 0 spiro atoms. The molecule has 0 aliphatic rings. The Bertz CT molecular complexity index is 1260. The Morgan fingerprint density at radius 1 is 1.30 bits per heavy atom. The minimum atomic E-state index is -0.494. The van der Waals surface area contributed by atoms with Crippen molar-refractivity contribution in [3.05, 3.63) is 62.1 Å². The number of aromatic amines is 1. The number of pyridine rings is 1. The van der Waals surface area contributed by atoms with Crippen molar-refractivity contribution in [3.8, 4) is 11.4 Å². The number of H-pyrrole nitrogens is 1. The number of hydrogen-bond donors (Lipinski definition) is 1. The lowest BCUT2D eigenvalue weighted by atomic mass is 10.1. The highest BCUT2D eigenvalue weighted by atomic mass is 32.1. The van der Waals surface area contributed by atoms with E-state index < -0.39 is 4.92 Å². The number of rotatable bonds is 4. The van der Waals surface area contributed by atoms with Gasteiger partial charge in [-0.05, 0) is 24.6 Å². The van der Waals surface area contributed by atoms with Crippen molar-refractivity contribution < 1.29 is 9.66 Å². The number of para-hydroxylation sites is 1. The summed E-state index contributed by atoms with van der Waals surface area (Å²) in [6.45, 7) is 2.22. The standard InChI is InChI=1S/C18H14N4O4S/c1-9-7-10(8-26-2)13-14-15(27-18(13)19-9)17(23)21-16(20-14)11-5-3-4-6-12(11)22(24)25/h3-7H,8H2,1-2H3,(H,20,21,23). The molecule has 0 radical (unpaired) electrons. The molecule has 0 unspecified atom stereocenters. The Labute approximate surface area is 156 Å². The van der Waals surface area contributed by atoms with Crippen LogP contribution >= 0.6 is 11.3 Å². The van der Waals surface area contributed by atoms with E-state index in [0.717, 1.165) is 16.6 Å². The average Bonchev–Trinajstić information content (AvgIpc) is 3.00. The number of nitro groups is 1. The van der Waals surface area contributed by atoms with Crippen LogP contribution in [0.4, 0.5) is 5.69 Å². The van der Waals surface area contributed by atoms with Gasteiger partial charge in [-0.2, -0.15) is 0 Å². The van der Waals surface area contributed by atoms with Gasteiger partial charge in [0.2, 0.25) is 0 Å². The molecule has 0 aliphatic carbocycles. The molecule has 3 heterocycles. The van der Waals surface area contributed by atoms with Gasteiger partial charge in [0.05, 0.1) is 22.6 Å². The highest BCUT2D eigenvalue weighted by Gasteiger charge is 2.20. The normalized spacial score (nSPS) is 11.3. The summed E-state index contributed by atoms with van der Waals surface area (Å²) in [5, 5.41) is 12.1. The van der Waals surface area contributed by atoms with Crippen LogP contribution in [0.25, 0.3) is 31.8 Å². The molecule has 1 N–H and O–H groups in total. The summed E-state index contributed by atoms with van der Waals surface area (Å²) in [5.74, 6) is 0.156.